The molecule has 4 rings (SSSR count). The summed E-state index contributed by atoms with van der Waals surface area (Å²) in [5, 5.41) is 3.52. The van der Waals surface area contributed by atoms with E-state index in [-0.39, 0.29) is 22.0 Å². The molecular formula is C25H19Cl2NO5. The largest absolute Gasteiger partial charge is 0.497 e. The molecule has 1 heterocycles. The first-order valence-corrected chi connectivity index (χ1v) is 10.7. The number of halogens is 2. The SMILES string of the molecule is COc1ccc(-c2oc3ccc(C)cc3c(=O)c2OCC(=O)Nc2cccc(Cl)c2Cl)cc1. The third-order valence-corrected chi connectivity index (χ3v) is 5.75. The van der Waals surface area contributed by atoms with Crippen LogP contribution >= 0.6 is 23.2 Å². The van der Waals surface area contributed by atoms with Crippen molar-refractivity contribution >= 4 is 45.8 Å². The Kier molecular flexibility index (Phi) is 6.58. The Balaban J connectivity index is 1.70. The van der Waals surface area contributed by atoms with Gasteiger partial charge in [0.2, 0.25) is 11.2 Å². The number of carbonyl (C=O) groups excluding carboxylic acids is 1. The number of methoxy groups -OCH3 is 1. The molecule has 0 radical (unpaired) electrons. The zero-order valence-electron chi connectivity index (χ0n) is 17.8. The van der Waals surface area contributed by atoms with Crippen LogP contribution < -0.4 is 20.2 Å². The smallest absolute Gasteiger partial charge is 0.262 e. The average Bonchev–Trinajstić information content (AvgIpc) is 2.82. The molecule has 0 spiro atoms. The summed E-state index contributed by atoms with van der Waals surface area (Å²) >= 11 is 12.1. The topological polar surface area (TPSA) is 77.8 Å². The van der Waals surface area contributed by atoms with Crippen molar-refractivity contribution in [1.29, 1.82) is 0 Å². The van der Waals surface area contributed by atoms with Crippen molar-refractivity contribution in [2.45, 2.75) is 6.92 Å². The first-order chi connectivity index (χ1) is 15.9. The number of nitrogens with one attached hydrogen (secondary N) is 1. The average molecular weight is 484 g/mol. The molecule has 3 aromatic carbocycles. The second kappa shape index (κ2) is 9.57. The third kappa shape index (κ3) is 4.82. The number of rotatable bonds is 6. The number of carbonyl (C=O) groups is 1. The monoisotopic (exact) mass is 483 g/mol. The highest BCUT2D eigenvalue weighted by Crippen LogP contribution is 2.33. The maximum absolute atomic E-state index is 13.3. The molecule has 0 aliphatic rings. The highest BCUT2D eigenvalue weighted by Gasteiger charge is 2.19. The fourth-order valence-electron chi connectivity index (χ4n) is 3.28. The maximum Gasteiger partial charge on any atom is 0.262 e. The fourth-order valence-corrected chi connectivity index (χ4v) is 3.63. The van der Waals surface area contributed by atoms with Crippen LogP contribution in [0.4, 0.5) is 5.69 Å². The Labute approximate surface area is 199 Å². The molecule has 0 aliphatic heterocycles. The van der Waals surface area contributed by atoms with Crippen LogP contribution in [0.5, 0.6) is 11.5 Å². The second-order valence-electron chi connectivity index (χ2n) is 7.26. The first kappa shape index (κ1) is 22.7. The van der Waals surface area contributed by atoms with Crippen molar-refractivity contribution < 1.29 is 18.7 Å². The van der Waals surface area contributed by atoms with E-state index in [2.05, 4.69) is 5.32 Å². The minimum absolute atomic E-state index is 0.0643. The van der Waals surface area contributed by atoms with Crippen LogP contribution in [0.3, 0.4) is 0 Å². The summed E-state index contributed by atoms with van der Waals surface area (Å²) in [6.45, 7) is 1.44. The van der Waals surface area contributed by atoms with Gasteiger partial charge in [0.1, 0.15) is 11.3 Å². The molecule has 0 atom stereocenters. The number of hydrogen-bond donors (Lipinski definition) is 1. The van der Waals surface area contributed by atoms with Gasteiger partial charge >= 0.3 is 0 Å². The van der Waals surface area contributed by atoms with E-state index in [0.29, 0.717) is 33.0 Å². The lowest BCUT2D eigenvalue weighted by Crippen LogP contribution is -2.23. The zero-order valence-corrected chi connectivity index (χ0v) is 19.3. The number of aryl methyl sites for hydroxylation is 1. The highest BCUT2D eigenvalue weighted by molar-refractivity contribution is 6.44. The van der Waals surface area contributed by atoms with Gasteiger partial charge in [-0.05, 0) is 55.5 Å². The molecule has 1 amide bonds. The van der Waals surface area contributed by atoms with Gasteiger partial charge in [-0.25, -0.2) is 0 Å². The number of amides is 1. The van der Waals surface area contributed by atoms with Crippen LogP contribution in [0.1, 0.15) is 5.56 Å². The van der Waals surface area contributed by atoms with Gasteiger partial charge in [0.25, 0.3) is 5.91 Å². The van der Waals surface area contributed by atoms with E-state index in [1.165, 1.54) is 0 Å². The highest BCUT2D eigenvalue weighted by atomic mass is 35.5. The van der Waals surface area contributed by atoms with Crippen LogP contribution in [0, 0.1) is 6.92 Å². The standard InChI is InChI=1S/C25H19Cl2NO5/c1-14-6-11-20-17(12-14)23(30)25(24(33-20)15-7-9-16(31-2)10-8-15)32-13-21(29)28-19-5-3-4-18(26)22(19)27/h3-12H,13H2,1-2H3,(H,28,29). The second-order valence-corrected chi connectivity index (χ2v) is 8.04. The van der Waals surface area contributed by atoms with Gasteiger partial charge in [-0.3, -0.25) is 9.59 Å². The van der Waals surface area contributed by atoms with E-state index in [0.717, 1.165) is 5.56 Å². The van der Waals surface area contributed by atoms with Crippen molar-refractivity contribution in [3.8, 4) is 22.8 Å². The number of fused-ring (bicyclic) bond motifs is 1. The van der Waals surface area contributed by atoms with Crippen LogP contribution in [-0.4, -0.2) is 19.6 Å². The number of hydrogen-bond acceptors (Lipinski definition) is 5. The Hall–Kier alpha value is -3.48. The molecule has 0 unspecified atom stereocenters. The molecule has 168 valence electrons. The summed E-state index contributed by atoms with van der Waals surface area (Å²) in [4.78, 5) is 25.8. The quantitative estimate of drug-likeness (QED) is 0.358. The molecule has 4 aromatic rings. The van der Waals surface area contributed by atoms with E-state index < -0.39 is 12.5 Å². The van der Waals surface area contributed by atoms with Crippen molar-refractivity contribution in [2.24, 2.45) is 0 Å². The van der Waals surface area contributed by atoms with Gasteiger partial charge in [-0.2, -0.15) is 0 Å². The molecular weight excluding hydrogens is 465 g/mol. The van der Waals surface area contributed by atoms with Crippen molar-refractivity contribution in [2.75, 3.05) is 19.0 Å². The summed E-state index contributed by atoms with van der Waals surface area (Å²) in [5.41, 5.74) is 1.88. The van der Waals surface area contributed by atoms with Crippen LogP contribution in [0.15, 0.2) is 69.9 Å². The lowest BCUT2D eigenvalue weighted by molar-refractivity contribution is -0.118. The molecule has 6 nitrogen and oxygen atoms in total. The Morgan fingerprint density at radius 1 is 1.06 bits per heavy atom. The van der Waals surface area contributed by atoms with Crippen LogP contribution in [0.2, 0.25) is 10.0 Å². The molecule has 0 aliphatic carbocycles. The Bertz CT molecular complexity index is 1400. The van der Waals surface area contributed by atoms with E-state index in [9.17, 15) is 9.59 Å². The van der Waals surface area contributed by atoms with E-state index in [4.69, 9.17) is 37.1 Å². The number of ether oxygens (including phenoxy) is 2. The maximum atomic E-state index is 13.3. The first-order valence-electron chi connectivity index (χ1n) is 9.96. The van der Waals surface area contributed by atoms with Gasteiger partial charge in [-0.1, -0.05) is 40.9 Å². The lowest BCUT2D eigenvalue weighted by Gasteiger charge is -2.13. The molecule has 8 heteroatoms. The molecule has 1 aromatic heterocycles. The number of anilines is 1. The van der Waals surface area contributed by atoms with Gasteiger partial charge < -0.3 is 19.2 Å². The Morgan fingerprint density at radius 3 is 2.55 bits per heavy atom. The summed E-state index contributed by atoms with van der Waals surface area (Å²) in [5.74, 6) is 0.291. The molecule has 1 N–H and O–H groups in total. The van der Waals surface area contributed by atoms with E-state index in [1.807, 2.05) is 13.0 Å². The van der Waals surface area contributed by atoms with Gasteiger partial charge in [0.05, 0.1) is 28.2 Å². The normalized spacial score (nSPS) is 10.8. The van der Waals surface area contributed by atoms with Crippen molar-refractivity contribution in [3.05, 3.63) is 86.5 Å². The summed E-state index contributed by atoms with van der Waals surface area (Å²) in [7, 11) is 1.56. The molecule has 0 saturated carbocycles. The minimum Gasteiger partial charge on any atom is -0.497 e. The van der Waals surface area contributed by atoms with Gasteiger partial charge in [0.15, 0.2) is 12.4 Å². The summed E-state index contributed by atoms with van der Waals surface area (Å²) < 4.78 is 16.9. The van der Waals surface area contributed by atoms with Crippen molar-refractivity contribution in [3.63, 3.8) is 0 Å². The molecule has 0 fully saturated rings. The third-order valence-electron chi connectivity index (χ3n) is 4.93. The molecule has 33 heavy (non-hydrogen) atoms. The Morgan fingerprint density at radius 2 is 1.82 bits per heavy atom. The molecule has 0 bridgehead atoms. The van der Waals surface area contributed by atoms with Gasteiger partial charge in [0, 0.05) is 5.56 Å². The molecule has 0 saturated heterocycles. The summed E-state index contributed by atoms with van der Waals surface area (Å²) in [6, 6.07) is 17.2. The number of benzene rings is 3. The predicted octanol–water partition coefficient (Wildman–Crippen LogP) is 6.10. The van der Waals surface area contributed by atoms with E-state index >= 15 is 0 Å². The predicted molar refractivity (Wildman–Crippen MR) is 130 cm³/mol. The fraction of sp³-hybridized carbons (Fsp3) is 0.120. The van der Waals surface area contributed by atoms with Crippen LogP contribution in [-0.2, 0) is 4.79 Å². The zero-order chi connectivity index (χ0) is 23.5. The van der Waals surface area contributed by atoms with E-state index in [1.54, 1.807) is 61.7 Å². The van der Waals surface area contributed by atoms with Crippen molar-refractivity contribution in [1.82, 2.24) is 0 Å². The summed E-state index contributed by atoms with van der Waals surface area (Å²) in [6.07, 6.45) is 0. The minimum atomic E-state index is -0.511. The van der Waals surface area contributed by atoms with Gasteiger partial charge in [-0.15, -0.1) is 0 Å². The lowest BCUT2D eigenvalue weighted by atomic mass is 10.1. The van der Waals surface area contributed by atoms with Crippen LogP contribution in [0.25, 0.3) is 22.3 Å².